The first kappa shape index (κ1) is 33.7. The number of rotatable bonds is 13. The SMILES string of the molecule is CCC(O)C(CC)CNC(=O)c1ccc(-c2ccc(OC)nc2C(=O)Nc2ccc(C(=N)N)cc2)c(C(=O)OS(C)(=O)=O)c1. The van der Waals surface area contributed by atoms with Gasteiger partial charge in [0, 0.05) is 40.9 Å². The van der Waals surface area contributed by atoms with E-state index in [2.05, 4.69) is 19.8 Å². The number of nitrogen functional groups attached to an aromatic ring is 1. The lowest BCUT2D eigenvalue weighted by atomic mass is 9.95. The van der Waals surface area contributed by atoms with Gasteiger partial charge < -0.3 is 30.4 Å². The highest BCUT2D eigenvalue weighted by molar-refractivity contribution is 7.86. The lowest BCUT2D eigenvalue weighted by Crippen LogP contribution is -2.34. The molecule has 0 fully saturated rings. The number of aliphatic hydroxyl groups excluding tert-OH is 1. The molecule has 44 heavy (non-hydrogen) atoms. The van der Waals surface area contributed by atoms with Crippen molar-refractivity contribution in [1.82, 2.24) is 10.3 Å². The van der Waals surface area contributed by atoms with Crippen LogP contribution in [0.15, 0.2) is 54.6 Å². The lowest BCUT2D eigenvalue weighted by Gasteiger charge is -2.21. The predicted molar refractivity (Wildman–Crippen MR) is 164 cm³/mol. The fourth-order valence-electron chi connectivity index (χ4n) is 4.35. The fraction of sp³-hybridized carbons (Fsp3) is 0.300. The van der Waals surface area contributed by atoms with Gasteiger partial charge in [-0.1, -0.05) is 19.9 Å². The molecule has 0 radical (unpaired) electrons. The highest BCUT2D eigenvalue weighted by Gasteiger charge is 2.25. The Balaban J connectivity index is 2.07. The molecule has 14 heteroatoms. The molecule has 1 aromatic heterocycles. The minimum absolute atomic E-state index is 0.0214. The van der Waals surface area contributed by atoms with Gasteiger partial charge in [-0.25, -0.2) is 9.78 Å². The molecule has 2 aromatic carbocycles. The summed E-state index contributed by atoms with van der Waals surface area (Å²) in [7, 11) is -2.89. The zero-order valence-corrected chi connectivity index (χ0v) is 25.5. The quantitative estimate of drug-likeness (QED) is 0.106. The number of nitrogens with one attached hydrogen (secondary N) is 3. The summed E-state index contributed by atoms with van der Waals surface area (Å²) < 4.78 is 33.5. The van der Waals surface area contributed by atoms with E-state index in [1.807, 2.05) is 13.8 Å². The van der Waals surface area contributed by atoms with Crippen LogP contribution in [-0.4, -0.2) is 68.1 Å². The predicted octanol–water partition coefficient (Wildman–Crippen LogP) is 2.94. The average Bonchev–Trinajstić information content (AvgIpc) is 2.99. The molecule has 234 valence electrons. The molecule has 3 rings (SSSR count). The van der Waals surface area contributed by atoms with Gasteiger partial charge in [0.2, 0.25) is 5.88 Å². The van der Waals surface area contributed by atoms with Crippen LogP contribution in [0.4, 0.5) is 5.69 Å². The molecule has 0 saturated heterocycles. The zero-order chi connectivity index (χ0) is 32.6. The molecule has 0 spiro atoms. The van der Waals surface area contributed by atoms with E-state index in [-0.39, 0.29) is 52.1 Å². The Bertz CT molecular complexity index is 1660. The molecule has 2 atom stereocenters. The Morgan fingerprint density at radius 1 is 0.977 bits per heavy atom. The maximum atomic E-state index is 13.4. The number of pyridine rings is 1. The second-order valence-corrected chi connectivity index (χ2v) is 11.5. The molecular formula is C30H35N5O8S. The zero-order valence-electron chi connectivity index (χ0n) is 24.7. The van der Waals surface area contributed by atoms with Gasteiger partial charge in [0.1, 0.15) is 11.5 Å². The van der Waals surface area contributed by atoms with Crippen molar-refractivity contribution < 1.29 is 36.8 Å². The lowest BCUT2D eigenvalue weighted by molar-refractivity contribution is 0.0748. The van der Waals surface area contributed by atoms with E-state index in [4.69, 9.17) is 15.9 Å². The summed E-state index contributed by atoms with van der Waals surface area (Å²) in [5.41, 5.74) is 6.02. The Hall–Kier alpha value is -4.82. The van der Waals surface area contributed by atoms with Gasteiger partial charge in [-0.05, 0) is 60.9 Å². The largest absolute Gasteiger partial charge is 0.481 e. The number of aromatic nitrogens is 1. The molecule has 13 nitrogen and oxygen atoms in total. The Kier molecular flexibility index (Phi) is 11.2. The van der Waals surface area contributed by atoms with Crippen molar-refractivity contribution in [2.45, 2.75) is 32.8 Å². The molecular weight excluding hydrogens is 590 g/mol. The monoisotopic (exact) mass is 625 g/mol. The number of benzene rings is 2. The summed E-state index contributed by atoms with van der Waals surface area (Å²) in [6.45, 7) is 3.90. The first-order valence-corrected chi connectivity index (χ1v) is 15.4. The van der Waals surface area contributed by atoms with Crippen molar-refractivity contribution in [2.75, 3.05) is 25.2 Å². The van der Waals surface area contributed by atoms with Crippen LogP contribution in [0.3, 0.4) is 0 Å². The number of amides is 2. The third kappa shape index (κ3) is 8.61. The number of carbonyl (C=O) groups excluding carboxylic acids is 3. The van der Waals surface area contributed by atoms with Gasteiger partial charge in [0.05, 0.1) is 25.0 Å². The highest BCUT2D eigenvalue weighted by Crippen LogP contribution is 2.31. The van der Waals surface area contributed by atoms with Gasteiger partial charge >= 0.3 is 16.1 Å². The van der Waals surface area contributed by atoms with Crippen LogP contribution >= 0.6 is 0 Å². The maximum Gasteiger partial charge on any atom is 0.354 e. The highest BCUT2D eigenvalue weighted by atomic mass is 32.2. The number of methoxy groups -OCH3 is 1. The van der Waals surface area contributed by atoms with E-state index in [1.54, 1.807) is 24.3 Å². The van der Waals surface area contributed by atoms with Crippen LogP contribution in [0.25, 0.3) is 11.1 Å². The molecule has 1 heterocycles. The number of amidine groups is 1. The maximum absolute atomic E-state index is 13.4. The number of nitrogens with two attached hydrogens (primary N) is 1. The topological polar surface area (TPSA) is 211 Å². The molecule has 0 aliphatic heterocycles. The van der Waals surface area contributed by atoms with E-state index < -0.39 is 34.0 Å². The Morgan fingerprint density at radius 3 is 2.18 bits per heavy atom. The van der Waals surface area contributed by atoms with Crippen molar-refractivity contribution in [1.29, 1.82) is 5.41 Å². The molecule has 0 bridgehead atoms. The Labute approximate surface area is 255 Å². The summed E-state index contributed by atoms with van der Waals surface area (Å²) in [4.78, 5) is 43.9. The van der Waals surface area contributed by atoms with E-state index in [0.29, 0.717) is 30.3 Å². The van der Waals surface area contributed by atoms with E-state index >= 15 is 0 Å². The summed E-state index contributed by atoms with van der Waals surface area (Å²) in [6.07, 6.45) is 1.23. The first-order chi connectivity index (χ1) is 20.8. The van der Waals surface area contributed by atoms with Crippen LogP contribution in [-0.2, 0) is 14.3 Å². The molecule has 0 aliphatic carbocycles. The third-order valence-corrected chi connectivity index (χ3v) is 7.23. The molecule has 0 saturated carbocycles. The number of aliphatic hydroxyl groups is 1. The van der Waals surface area contributed by atoms with Crippen LogP contribution in [0, 0.1) is 11.3 Å². The second kappa shape index (κ2) is 14.6. The van der Waals surface area contributed by atoms with Crippen LogP contribution < -0.4 is 21.1 Å². The molecule has 2 unspecified atom stereocenters. The van der Waals surface area contributed by atoms with Gasteiger partial charge in [-0.15, -0.1) is 0 Å². The number of anilines is 1. The number of carbonyl (C=O) groups is 3. The van der Waals surface area contributed by atoms with Crippen molar-refractivity contribution in [3.8, 4) is 17.0 Å². The van der Waals surface area contributed by atoms with Crippen LogP contribution in [0.2, 0.25) is 0 Å². The number of hydrogen-bond acceptors (Lipinski definition) is 10. The van der Waals surface area contributed by atoms with Gasteiger partial charge in [-0.2, -0.15) is 8.42 Å². The molecule has 0 aliphatic rings. The Morgan fingerprint density at radius 2 is 1.61 bits per heavy atom. The van der Waals surface area contributed by atoms with Gasteiger partial charge in [0.25, 0.3) is 11.8 Å². The van der Waals surface area contributed by atoms with E-state index in [9.17, 15) is 27.9 Å². The molecule has 6 N–H and O–H groups in total. The van der Waals surface area contributed by atoms with Crippen LogP contribution in [0.5, 0.6) is 5.88 Å². The normalized spacial score (nSPS) is 12.5. The minimum atomic E-state index is -4.25. The van der Waals surface area contributed by atoms with Gasteiger partial charge in [0.15, 0.2) is 0 Å². The number of ether oxygens (including phenoxy) is 1. The van der Waals surface area contributed by atoms with E-state index in [1.165, 1.54) is 37.4 Å². The number of hydrogen-bond donors (Lipinski definition) is 5. The first-order valence-electron chi connectivity index (χ1n) is 13.6. The molecule has 2 amide bonds. The number of nitrogens with zero attached hydrogens (tertiary/aromatic N) is 1. The average molecular weight is 626 g/mol. The standard InChI is InChI=1S/C30H35N5O8S/c1-5-17(24(36)6-2)16-33-28(37)19-9-12-21(23(15-19)30(39)43-44(4,40)41)22-13-14-25(42-3)35-26(22)29(38)34-20-10-7-18(8-11-20)27(31)32/h7-15,17,24,36H,5-6,16H2,1-4H3,(H3,31,32)(H,33,37)(H,34,38). The van der Waals surface area contributed by atoms with Gasteiger partial charge in [-0.3, -0.25) is 15.0 Å². The smallest absolute Gasteiger partial charge is 0.354 e. The van der Waals surface area contributed by atoms with E-state index in [0.717, 1.165) is 0 Å². The van der Waals surface area contributed by atoms with Crippen molar-refractivity contribution >= 4 is 39.4 Å². The summed E-state index contributed by atoms with van der Waals surface area (Å²) in [6, 6.07) is 13.0. The van der Waals surface area contributed by atoms with Crippen molar-refractivity contribution in [3.63, 3.8) is 0 Å². The van der Waals surface area contributed by atoms with Crippen LogP contribution in [0.1, 0.15) is 63.5 Å². The fourth-order valence-corrected chi connectivity index (χ4v) is 4.72. The summed E-state index contributed by atoms with van der Waals surface area (Å²) >= 11 is 0. The second-order valence-electron chi connectivity index (χ2n) is 9.88. The van der Waals surface area contributed by atoms with Crippen molar-refractivity contribution in [2.24, 2.45) is 11.7 Å². The van der Waals surface area contributed by atoms with Crippen molar-refractivity contribution in [3.05, 3.63) is 77.0 Å². The summed E-state index contributed by atoms with van der Waals surface area (Å²) in [5, 5.41) is 23.1. The molecule has 3 aromatic rings. The minimum Gasteiger partial charge on any atom is -0.481 e. The third-order valence-electron chi connectivity index (χ3n) is 6.78. The summed E-state index contributed by atoms with van der Waals surface area (Å²) in [5.74, 6) is -2.78.